The molecule has 0 radical (unpaired) electrons. The Labute approximate surface area is 121 Å². The molecule has 2 N–H and O–H groups in total. The standard InChI is InChI=1S/C15H17N3OS/c1-9-6-11(4-5-13(9)19-3)14-12(7-16)18-8-10(2)20-15(18)17-14/h4-6,8H,7,16H2,1-3H3. The van der Waals surface area contributed by atoms with E-state index in [1.54, 1.807) is 18.4 Å². The molecule has 0 amide bonds. The minimum absolute atomic E-state index is 0.470. The lowest BCUT2D eigenvalue weighted by Crippen LogP contribution is -2.01. The van der Waals surface area contributed by atoms with Gasteiger partial charge in [0.15, 0.2) is 4.96 Å². The number of imidazole rings is 1. The first-order chi connectivity index (χ1) is 9.63. The van der Waals surface area contributed by atoms with Crippen LogP contribution in [0.25, 0.3) is 16.2 Å². The van der Waals surface area contributed by atoms with Crippen LogP contribution in [0.5, 0.6) is 5.75 Å². The fourth-order valence-corrected chi connectivity index (χ4v) is 3.30. The Kier molecular flexibility index (Phi) is 3.23. The third-order valence-corrected chi connectivity index (χ3v) is 4.30. The van der Waals surface area contributed by atoms with E-state index in [0.29, 0.717) is 6.54 Å². The zero-order valence-electron chi connectivity index (χ0n) is 11.8. The van der Waals surface area contributed by atoms with Crippen molar-refractivity contribution in [1.82, 2.24) is 9.38 Å². The maximum Gasteiger partial charge on any atom is 0.194 e. The quantitative estimate of drug-likeness (QED) is 0.805. The minimum atomic E-state index is 0.470. The van der Waals surface area contributed by atoms with Crippen LogP contribution in [0.4, 0.5) is 0 Å². The van der Waals surface area contributed by atoms with Crippen LogP contribution in [-0.4, -0.2) is 16.5 Å². The lowest BCUT2D eigenvalue weighted by atomic mass is 10.1. The van der Waals surface area contributed by atoms with Crippen LogP contribution in [0, 0.1) is 13.8 Å². The summed E-state index contributed by atoms with van der Waals surface area (Å²) in [5.41, 5.74) is 10.1. The summed E-state index contributed by atoms with van der Waals surface area (Å²) in [5.74, 6) is 0.889. The van der Waals surface area contributed by atoms with Gasteiger partial charge >= 0.3 is 0 Å². The third-order valence-electron chi connectivity index (χ3n) is 3.40. The van der Waals surface area contributed by atoms with Crippen molar-refractivity contribution in [2.75, 3.05) is 7.11 Å². The fourth-order valence-electron chi connectivity index (χ4n) is 2.45. The molecular weight excluding hydrogens is 270 g/mol. The number of hydrogen-bond donors (Lipinski definition) is 1. The largest absolute Gasteiger partial charge is 0.496 e. The van der Waals surface area contributed by atoms with E-state index in [2.05, 4.69) is 23.6 Å². The molecule has 0 atom stereocenters. The number of benzene rings is 1. The lowest BCUT2D eigenvalue weighted by Gasteiger charge is -2.07. The first kappa shape index (κ1) is 13.1. The molecule has 2 aromatic heterocycles. The molecular formula is C15H17N3OS. The minimum Gasteiger partial charge on any atom is -0.496 e. The number of thiazole rings is 1. The number of nitrogens with two attached hydrogens (primary N) is 1. The van der Waals surface area contributed by atoms with E-state index in [4.69, 9.17) is 15.5 Å². The van der Waals surface area contributed by atoms with Gasteiger partial charge in [-0.25, -0.2) is 4.98 Å². The van der Waals surface area contributed by atoms with Crippen molar-refractivity contribution < 1.29 is 4.74 Å². The third kappa shape index (κ3) is 1.99. The normalized spacial score (nSPS) is 11.2. The van der Waals surface area contributed by atoms with Gasteiger partial charge in [0.2, 0.25) is 0 Å². The summed E-state index contributed by atoms with van der Waals surface area (Å²) < 4.78 is 7.40. The van der Waals surface area contributed by atoms with E-state index in [1.165, 1.54) is 4.88 Å². The summed E-state index contributed by atoms with van der Waals surface area (Å²) >= 11 is 1.68. The van der Waals surface area contributed by atoms with Crippen LogP contribution in [0.15, 0.2) is 24.4 Å². The average molecular weight is 287 g/mol. The predicted molar refractivity (Wildman–Crippen MR) is 82.4 cm³/mol. The summed E-state index contributed by atoms with van der Waals surface area (Å²) in [6, 6.07) is 6.10. The Morgan fingerprint density at radius 3 is 2.80 bits per heavy atom. The molecule has 0 fully saturated rings. The number of aromatic nitrogens is 2. The number of methoxy groups -OCH3 is 1. The van der Waals surface area contributed by atoms with Gasteiger partial charge in [0.05, 0.1) is 18.5 Å². The number of fused-ring (bicyclic) bond motifs is 1. The fraction of sp³-hybridized carbons (Fsp3) is 0.267. The molecule has 4 nitrogen and oxygen atoms in total. The van der Waals surface area contributed by atoms with Crippen LogP contribution >= 0.6 is 11.3 Å². The Morgan fingerprint density at radius 1 is 1.35 bits per heavy atom. The van der Waals surface area contributed by atoms with Gasteiger partial charge in [-0.15, -0.1) is 11.3 Å². The van der Waals surface area contributed by atoms with Crippen molar-refractivity contribution >= 4 is 16.3 Å². The van der Waals surface area contributed by atoms with Crippen molar-refractivity contribution in [2.45, 2.75) is 20.4 Å². The van der Waals surface area contributed by atoms with E-state index < -0.39 is 0 Å². The predicted octanol–water partition coefficient (Wildman–Crippen LogP) is 3.15. The van der Waals surface area contributed by atoms with E-state index in [0.717, 1.165) is 33.2 Å². The van der Waals surface area contributed by atoms with Crippen molar-refractivity contribution in [1.29, 1.82) is 0 Å². The summed E-state index contributed by atoms with van der Waals surface area (Å²) in [6.07, 6.45) is 2.09. The van der Waals surface area contributed by atoms with Crippen LogP contribution in [0.1, 0.15) is 16.1 Å². The Bertz CT molecular complexity index is 773. The topological polar surface area (TPSA) is 52.5 Å². The highest BCUT2D eigenvalue weighted by molar-refractivity contribution is 7.17. The van der Waals surface area contributed by atoms with Gasteiger partial charge in [-0.3, -0.25) is 4.40 Å². The molecule has 5 heteroatoms. The number of hydrogen-bond acceptors (Lipinski definition) is 4. The highest BCUT2D eigenvalue weighted by Crippen LogP contribution is 2.30. The van der Waals surface area contributed by atoms with E-state index in [-0.39, 0.29) is 0 Å². The molecule has 3 rings (SSSR count). The monoisotopic (exact) mass is 287 g/mol. The van der Waals surface area contributed by atoms with Gasteiger partial charge in [-0.1, -0.05) is 0 Å². The molecule has 0 aliphatic heterocycles. The summed E-state index contributed by atoms with van der Waals surface area (Å²) in [4.78, 5) is 6.96. The average Bonchev–Trinajstić information content (AvgIpc) is 2.94. The highest BCUT2D eigenvalue weighted by Gasteiger charge is 2.15. The molecule has 3 aromatic rings. The summed E-state index contributed by atoms with van der Waals surface area (Å²) in [5, 5.41) is 0. The Balaban J connectivity index is 2.18. The van der Waals surface area contributed by atoms with Crippen LogP contribution < -0.4 is 10.5 Å². The summed E-state index contributed by atoms with van der Waals surface area (Å²) in [7, 11) is 1.68. The maximum atomic E-state index is 5.92. The molecule has 0 saturated carbocycles. The molecule has 0 unspecified atom stereocenters. The first-order valence-electron chi connectivity index (χ1n) is 6.46. The van der Waals surface area contributed by atoms with Gasteiger partial charge in [0.25, 0.3) is 0 Å². The van der Waals surface area contributed by atoms with Crippen molar-refractivity contribution in [2.24, 2.45) is 5.73 Å². The molecule has 1 aromatic carbocycles. The van der Waals surface area contributed by atoms with Gasteiger partial charge in [0, 0.05) is 23.2 Å². The van der Waals surface area contributed by atoms with Crippen molar-refractivity contribution in [3.8, 4) is 17.0 Å². The molecule has 0 spiro atoms. The molecule has 0 saturated heterocycles. The lowest BCUT2D eigenvalue weighted by molar-refractivity contribution is 0.412. The Morgan fingerprint density at radius 2 is 2.15 bits per heavy atom. The van der Waals surface area contributed by atoms with Crippen molar-refractivity contribution in [3.63, 3.8) is 0 Å². The van der Waals surface area contributed by atoms with Gasteiger partial charge in [0.1, 0.15) is 5.75 Å². The van der Waals surface area contributed by atoms with E-state index in [1.807, 2.05) is 19.1 Å². The van der Waals surface area contributed by atoms with E-state index >= 15 is 0 Å². The zero-order chi connectivity index (χ0) is 14.3. The maximum absolute atomic E-state index is 5.92. The zero-order valence-corrected chi connectivity index (χ0v) is 12.6. The number of aryl methyl sites for hydroxylation is 2. The second-order valence-corrected chi connectivity index (χ2v) is 6.00. The van der Waals surface area contributed by atoms with E-state index in [9.17, 15) is 0 Å². The smallest absolute Gasteiger partial charge is 0.194 e. The first-order valence-corrected chi connectivity index (χ1v) is 7.28. The number of ether oxygens (including phenoxy) is 1. The highest BCUT2D eigenvalue weighted by atomic mass is 32.1. The van der Waals surface area contributed by atoms with Gasteiger partial charge < -0.3 is 10.5 Å². The van der Waals surface area contributed by atoms with Crippen LogP contribution in [0.2, 0.25) is 0 Å². The number of rotatable bonds is 3. The SMILES string of the molecule is COc1ccc(-c2nc3sc(C)cn3c2CN)cc1C. The van der Waals surface area contributed by atoms with Gasteiger partial charge in [-0.2, -0.15) is 0 Å². The second kappa shape index (κ2) is 4.92. The van der Waals surface area contributed by atoms with Crippen LogP contribution in [-0.2, 0) is 6.54 Å². The van der Waals surface area contributed by atoms with Crippen LogP contribution in [0.3, 0.4) is 0 Å². The van der Waals surface area contributed by atoms with Crippen molar-refractivity contribution in [3.05, 3.63) is 40.5 Å². The molecule has 0 bridgehead atoms. The summed E-state index contributed by atoms with van der Waals surface area (Å²) in [6.45, 7) is 4.58. The Hall–Kier alpha value is -1.85. The molecule has 0 aliphatic carbocycles. The second-order valence-electron chi connectivity index (χ2n) is 4.79. The number of nitrogens with zero attached hydrogens (tertiary/aromatic N) is 2. The molecule has 104 valence electrons. The molecule has 0 aliphatic rings. The molecule has 2 heterocycles. The van der Waals surface area contributed by atoms with Gasteiger partial charge in [-0.05, 0) is 37.6 Å². The molecule has 20 heavy (non-hydrogen) atoms.